The van der Waals surface area contributed by atoms with Crippen molar-refractivity contribution in [2.24, 2.45) is 5.41 Å². The van der Waals surface area contributed by atoms with Gasteiger partial charge in [-0.05, 0) is 11.7 Å². The van der Waals surface area contributed by atoms with E-state index in [0.717, 1.165) is 11.1 Å². The topological polar surface area (TPSA) is 43.1 Å². The molecule has 0 rings (SSSR count). The van der Waals surface area contributed by atoms with E-state index in [9.17, 15) is 10.1 Å². The van der Waals surface area contributed by atoms with E-state index in [1.54, 1.807) is 0 Å². The third kappa shape index (κ3) is 4.03. The molecule has 4 heteroatoms. The molecule has 0 heterocycles. The number of hydrogen-bond acceptors (Lipinski definition) is 3. The first kappa shape index (κ1) is 10.5. The number of nitrogens with zero attached hydrogens (tertiary/aromatic N) is 1. The third-order valence-corrected chi connectivity index (χ3v) is 2.34. The number of allylic oxidation sites excluding steroid dienone is 1. The Morgan fingerprint density at radius 3 is 2.09 bits per heavy atom. The van der Waals surface area contributed by atoms with E-state index in [1.165, 1.54) is 11.8 Å². The van der Waals surface area contributed by atoms with Gasteiger partial charge < -0.3 is 0 Å². The van der Waals surface area contributed by atoms with Gasteiger partial charge in [-0.25, -0.2) is 0 Å². The molecular weight excluding hydrogens is 162 g/mol. The van der Waals surface area contributed by atoms with E-state index < -0.39 is 4.92 Å². The van der Waals surface area contributed by atoms with Crippen LogP contribution in [0.4, 0.5) is 0 Å². The molecular formula is C7H13NO2S. The number of rotatable bonds is 2. The molecule has 0 saturated heterocycles. The smallest absolute Gasteiger partial charge is 0.244 e. The Morgan fingerprint density at radius 1 is 1.55 bits per heavy atom. The summed E-state index contributed by atoms with van der Waals surface area (Å²) in [6.45, 7) is 5.87. The minimum atomic E-state index is -0.406. The fourth-order valence-corrected chi connectivity index (χ4v) is 1.45. The molecule has 3 nitrogen and oxygen atoms in total. The van der Waals surface area contributed by atoms with E-state index in [0.29, 0.717) is 0 Å². The van der Waals surface area contributed by atoms with E-state index in [-0.39, 0.29) is 5.41 Å². The summed E-state index contributed by atoms with van der Waals surface area (Å²) >= 11 is 1.42. The summed E-state index contributed by atoms with van der Waals surface area (Å²) < 4.78 is 0. The zero-order valence-corrected chi connectivity index (χ0v) is 8.07. The number of hydrogen-bond donors (Lipinski definition) is 0. The molecule has 0 aromatic heterocycles. The molecule has 64 valence electrons. The van der Waals surface area contributed by atoms with Crippen LogP contribution in [0, 0.1) is 15.5 Å². The van der Waals surface area contributed by atoms with Crippen LogP contribution in [0.2, 0.25) is 0 Å². The molecule has 0 spiro atoms. The van der Waals surface area contributed by atoms with Crippen molar-refractivity contribution in [1.29, 1.82) is 0 Å². The van der Waals surface area contributed by atoms with Gasteiger partial charge in [0.15, 0.2) is 0 Å². The Morgan fingerprint density at radius 2 is 2.00 bits per heavy atom. The summed E-state index contributed by atoms with van der Waals surface area (Å²) in [5, 5.41) is 10.1. The highest BCUT2D eigenvalue weighted by atomic mass is 32.2. The Kier molecular flexibility index (Phi) is 3.58. The Balaban J connectivity index is 4.54. The second-order valence-electron chi connectivity index (χ2n) is 3.23. The fraction of sp³-hybridized carbons (Fsp3) is 0.714. The second kappa shape index (κ2) is 3.76. The molecule has 0 aliphatic heterocycles. The maximum Gasteiger partial charge on any atom is 0.244 e. The molecule has 0 atom stereocenters. The molecule has 0 fully saturated rings. The standard InChI is InChI=1S/C7H13NO2S/c1-7(2,3)6(11-4)5-8(9)10/h5H,1-4H3/b6-5+. The van der Waals surface area contributed by atoms with Crippen molar-refractivity contribution >= 4 is 11.8 Å². The molecule has 0 amide bonds. The van der Waals surface area contributed by atoms with Crippen LogP contribution in [0.3, 0.4) is 0 Å². The largest absolute Gasteiger partial charge is 0.259 e. The summed E-state index contributed by atoms with van der Waals surface area (Å²) in [4.78, 5) is 10.5. The zero-order valence-electron chi connectivity index (χ0n) is 7.25. The van der Waals surface area contributed by atoms with Crippen molar-refractivity contribution in [3.05, 3.63) is 21.2 Å². The van der Waals surface area contributed by atoms with Crippen molar-refractivity contribution in [1.82, 2.24) is 0 Å². The lowest BCUT2D eigenvalue weighted by molar-refractivity contribution is -0.403. The quantitative estimate of drug-likeness (QED) is 0.478. The molecule has 0 aromatic rings. The lowest BCUT2D eigenvalue weighted by atomic mass is 9.97. The van der Waals surface area contributed by atoms with Gasteiger partial charge >= 0.3 is 0 Å². The van der Waals surface area contributed by atoms with Crippen LogP contribution in [0.5, 0.6) is 0 Å². The van der Waals surface area contributed by atoms with Gasteiger partial charge in [0, 0.05) is 0 Å². The average Bonchev–Trinajstić information content (AvgIpc) is 1.79. The third-order valence-electron chi connectivity index (χ3n) is 1.18. The van der Waals surface area contributed by atoms with Gasteiger partial charge in [0.05, 0.1) is 9.83 Å². The van der Waals surface area contributed by atoms with Crippen molar-refractivity contribution in [3.8, 4) is 0 Å². The van der Waals surface area contributed by atoms with Crippen LogP contribution in [0.25, 0.3) is 0 Å². The summed E-state index contributed by atoms with van der Waals surface area (Å²) in [6.07, 6.45) is 2.92. The Labute approximate surface area is 71.0 Å². The van der Waals surface area contributed by atoms with E-state index in [2.05, 4.69) is 0 Å². The minimum absolute atomic E-state index is 0.119. The van der Waals surface area contributed by atoms with Crippen LogP contribution in [0.1, 0.15) is 20.8 Å². The Bertz CT molecular complexity index is 181. The highest BCUT2D eigenvalue weighted by molar-refractivity contribution is 8.02. The van der Waals surface area contributed by atoms with E-state index in [1.807, 2.05) is 27.0 Å². The maximum absolute atomic E-state index is 10.1. The highest BCUT2D eigenvalue weighted by Crippen LogP contribution is 2.32. The average molecular weight is 175 g/mol. The van der Waals surface area contributed by atoms with Crippen LogP contribution in [0.15, 0.2) is 11.1 Å². The first-order valence-corrected chi connectivity index (χ1v) is 4.50. The van der Waals surface area contributed by atoms with Gasteiger partial charge in [-0.3, -0.25) is 10.1 Å². The van der Waals surface area contributed by atoms with E-state index >= 15 is 0 Å². The van der Waals surface area contributed by atoms with Gasteiger partial charge in [-0.15, -0.1) is 11.8 Å². The lowest BCUT2D eigenvalue weighted by Crippen LogP contribution is -2.08. The summed E-state index contributed by atoms with van der Waals surface area (Å²) in [5.74, 6) is 0. The van der Waals surface area contributed by atoms with Gasteiger partial charge in [0.2, 0.25) is 6.20 Å². The number of thioether (sulfide) groups is 1. The second-order valence-corrected chi connectivity index (χ2v) is 4.08. The predicted molar refractivity (Wildman–Crippen MR) is 48.0 cm³/mol. The first-order chi connectivity index (χ1) is 4.88. The van der Waals surface area contributed by atoms with Gasteiger partial charge in [0.25, 0.3) is 0 Å². The molecule has 0 bridgehead atoms. The minimum Gasteiger partial charge on any atom is -0.259 e. The first-order valence-electron chi connectivity index (χ1n) is 3.27. The van der Waals surface area contributed by atoms with Gasteiger partial charge in [-0.2, -0.15) is 0 Å². The molecule has 0 N–H and O–H groups in total. The predicted octanol–water partition coefficient (Wildman–Crippen LogP) is 2.51. The molecule has 0 unspecified atom stereocenters. The van der Waals surface area contributed by atoms with Crippen LogP contribution < -0.4 is 0 Å². The van der Waals surface area contributed by atoms with Gasteiger partial charge in [-0.1, -0.05) is 20.8 Å². The monoisotopic (exact) mass is 175 g/mol. The normalized spacial score (nSPS) is 13.3. The van der Waals surface area contributed by atoms with Crippen molar-refractivity contribution in [2.45, 2.75) is 20.8 Å². The molecule has 11 heavy (non-hydrogen) atoms. The van der Waals surface area contributed by atoms with Crippen molar-refractivity contribution < 1.29 is 4.92 Å². The Hall–Kier alpha value is -0.510. The van der Waals surface area contributed by atoms with Gasteiger partial charge in [0.1, 0.15) is 0 Å². The van der Waals surface area contributed by atoms with Crippen molar-refractivity contribution in [3.63, 3.8) is 0 Å². The van der Waals surface area contributed by atoms with Crippen molar-refractivity contribution in [2.75, 3.05) is 6.26 Å². The van der Waals surface area contributed by atoms with Crippen LogP contribution in [-0.4, -0.2) is 11.2 Å². The van der Waals surface area contributed by atoms with E-state index in [4.69, 9.17) is 0 Å². The fourth-order valence-electron chi connectivity index (χ4n) is 0.648. The number of nitro groups is 1. The summed E-state index contributed by atoms with van der Waals surface area (Å²) in [5.41, 5.74) is -0.119. The molecule has 0 aliphatic rings. The molecule has 0 saturated carbocycles. The summed E-state index contributed by atoms with van der Waals surface area (Å²) in [6, 6.07) is 0. The highest BCUT2D eigenvalue weighted by Gasteiger charge is 2.19. The summed E-state index contributed by atoms with van der Waals surface area (Å²) in [7, 11) is 0. The zero-order chi connectivity index (χ0) is 9.07. The molecule has 0 radical (unpaired) electrons. The maximum atomic E-state index is 10.1. The SMILES string of the molecule is CS/C(=C/[N+](=O)[O-])C(C)(C)C. The molecule has 0 aromatic carbocycles. The van der Waals surface area contributed by atoms with Crippen LogP contribution >= 0.6 is 11.8 Å². The van der Waals surface area contributed by atoms with Crippen LogP contribution in [-0.2, 0) is 0 Å². The molecule has 0 aliphatic carbocycles. The lowest BCUT2D eigenvalue weighted by Gasteiger charge is -2.17.